The van der Waals surface area contributed by atoms with E-state index < -0.39 is 5.60 Å². The van der Waals surface area contributed by atoms with Gasteiger partial charge in [-0.15, -0.1) is 0 Å². The third-order valence-corrected chi connectivity index (χ3v) is 5.28. The molecule has 1 aliphatic rings. The summed E-state index contributed by atoms with van der Waals surface area (Å²) in [6.45, 7) is 7.06. The Labute approximate surface area is 155 Å². The Morgan fingerprint density at radius 1 is 1.19 bits per heavy atom. The second kappa shape index (κ2) is 7.50. The number of benzene rings is 2. The van der Waals surface area contributed by atoms with E-state index in [1.54, 1.807) is 0 Å². The number of carbonyl (C=O) groups excluding carboxylic acids is 1. The zero-order valence-electron chi connectivity index (χ0n) is 15.8. The van der Waals surface area contributed by atoms with Gasteiger partial charge in [-0.2, -0.15) is 0 Å². The van der Waals surface area contributed by atoms with Crippen molar-refractivity contribution in [3.8, 4) is 11.1 Å². The van der Waals surface area contributed by atoms with Crippen LogP contribution >= 0.6 is 0 Å². The molecule has 0 unspecified atom stereocenters. The van der Waals surface area contributed by atoms with Crippen molar-refractivity contribution in [1.82, 2.24) is 4.90 Å². The van der Waals surface area contributed by atoms with Crippen molar-refractivity contribution in [2.24, 2.45) is 5.92 Å². The fourth-order valence-electron chi connectivity index (χ4n) is 3.60. The molecule has 2 aromatic carbocycles. The van der Waals surface area contributed by atoms with Crippen molar-refractivity contribution < 1.29 is 9.90 Å². The predicted molar refractivity (Wildman–Crippen MR) is 106 cm³/mol. The van der Waals surface area contributed by atoms with Crippen LogP contribution in [-0.4, -0.2) is 34.7 Å². The Hall–Kier alpha value is -2.33. The molecule has 0 aliphatic carbocycles. The summed E-state index contributed by atoms with van der Waals surface area (Å²) < 4.78 is 0. The molecule has 2 aromatic rings. The molecule has 0 spiro atoms. The predicted octanol–water partition coefficient (Wildman–Crippen LogP) is 4.68. The molecule has 1 atom stereocenters. The van der Waals surface area contributed by atoms with E-state index in [9.17, 15) is 9.90 Å². The van der Waals surface area contributed by atoms with Crippen LogP contribution in [0.4, 0.5) is 10.5 Å². The van der Waals surface area contributed by atoms with Crippen molar-refractivity contribution in [1.29, 1.82) is 0 Å². The summed E-state index contributed by atoms with van der Waals surface area (Å²) in [5.41, 5.74) is 3.50. The molecule has 4 nitrogen and oxygen atoms in total. The van der Waals surface area contributed by atoms with Gasteiger partial charge in [-0.1, -0.05) is 36.4 Å². The molecule has 1 aliphatic heterocycles. The second-order valence-electron chi connectivity index (χ2n) is 7.76. The fraction of sp³-hybridized carbons (Fsp3) is 0.409. The standard InChI is InChI=1S/C22H28N2O2/c1-16-8-4-5-12-20(16)17-9-6-11-19(14-17)23-21(25)24-13-7-10-18(15-24)22(2,3)26/h4-6,8-9,11-12,14,18,26H,7,10,13,15H2,1-3H3,(H,23,25)/t18-/m0/s1. The number of hydrogen-bond donors (Lipinski definition) is 2. The normalized spacial score (nSPS) is 17.8. The first-order valence-corrected chi connectivity index (χ1v) is 9.29. The molecule has 0 radical (unpaired) electrons. The maximum atomic E-state index is 12.7. The summed E-state index contributed by atoms with van der Waals surface area (Å²) in [7, 11) is 0. The number of urea groups is 1. The first-order valence-electron chi connectivity index (χ1n) is 9.29. The summed E-state index contributed by atoms with van der Waals surface area (Å²) in [4.78, 5) is 14.5. The van der Waals surface area contributed by atoms with Crippen LogP contribution < -0.4 is 5.32 Å². The molecule has 1 fully saturated rings. The third-order valence-electron chi connectivity index (χ3n) is 5.28. The minimum atomic E-state index is -0.760. The summed E-state index contributed by atoms with van der Waals surface area (Å²) in [6, 6.07) is 16.1. The lowest BCUT2D eigenvalue weighted by Crippen LogP contribution is -2.48. The van der Waals surface area contributed by atoms with Crippen LogP contribution in [-0.2, 0) is 0 Å². The SMILES string of the molecule is Cc1ccccc1-c1cccc(NC(=O)N2CCC[C@H](C(C)(C)O)C2)c1. The number of aliphatic hydroxyl groups is 1. The van der Waals surface area contributed by atoms with E-state index in [0.29, 0.717) is 6.54 Å². The Balaban J connectivity index is 1.72. The molecule has 26 heavy (non-hydrogen) atoms. The zero-order chi connectivity index (χ0) is 18.7. The number of anilines is 1. The molecular weight excluding hydrogens is 324 g/mol. The summed E-state index contributed by atoms with van der Waals surface area (Å²) in [5, 5.41) is 13.3. The van der Waals surface area contributed by atoms with Gasteiger partial charge in [0, 0.05) is 24.7 Å². The number of carbonyl (C=O) groups is 1. The van der Waals surface area contributed by atoms with Gasteiger partial charge >= 0.3 is 6.03 Å². The number of piperidine rings is 1. The van der Waals surface area contributed by atoms with Crippen LogP contribution in [0.15, 0.2) is 48.5 Å². The minimum absolute atomic E-state index is 0.0964. The van der Waals surface area contributed by atoms with Gasteiger partial charge in [0.2, 0.25) is 0 Å². The monoisotopic (exact) mass is 352 g/mol. The van der Waals surface area contributed by atoms with Gasteiger partial charge in [-0.3, -0.25) is 0 Å². The van der Waals surface area contributed by atoms with E-state index in [1.807, 2.05) is 49.1 Å². The minimum Gasteiger partial charge on any atom is -0.390 e. The van der Waals surface area contributed by atoms with Crippen molar-refractivity contribution >= 4 is 11.7 Å². The topological polar surface area (TPSA) is 52.6 Å². The largest absolute Gasteiger partial charge is 0.390 e. The Morgan fingerprint density at radius 2 is 1.96 bits per heavy atom. The van der Waals surface area contributed by atoms with Gasteiger partial charge in [0.15, 0.2) is 0 Å². The lowest BCUT2D eigenvalue weighted by molar-refractivity contribution is -0.00973. The second-order valence-corrected chi connectivity index (χ2v) is 7.76. The molecule has 2 N–H and O–H groups in total. The van der Waals surface area contributed by atoms with E-state index in [0.717, 1.165) is 30.6 Å². The van der Waals surface area contributed by atoms with Gasteiger partial charge in [0.1, 0.15) is 0 Å². The molecular formula is C22H28N2O2. The molecule has 4 heteroatoms. The average Bonchev–Trinajstić information content (AvgIpc) is 2.62. The van der Waals surface area contributed by atoms with Crippen LogP contribution in [0.2, 0.25) is 0 Å². The van der Waals surface area contributed by atoms with Crippen molar-refractivity contribution in [3.05, 3.63) is 54.1 Å². The maximum absolute atomic E-state index is 12.7. The van der Waals surface area contributed by atoms with E-state index in [-0.39, 0.29) is 11.9 Å². The quantitative estimate of drug-likeness (QED) is 0.843. The number of rotatable bonds is 3. The third kappa shape index (κ3) is 4.25. The van der Waals surface area contributed by atoms with Crippen LogP contribution in [0.5, 0.6) is 0 Å². The number of nitrogens with zero attached hydrogens (tertiary/aromatic N) is 1. The highest BCUT2D eigenvalue weighted by Crippen LogP contribution is 2.28. The number of amides is 2. The van der Waals surface area contributed by atoms with Crippen molar-refractivity contribution in [3.63, 3.8) is 0 Å². The maximum Gasteiger partial charge on any atom is 0.321 e. The molecule has 0 saturated carbocycles. The Bertz CT molecular complexity index is 780. The number of hydrogen-bond acceptors (Lipinski definition) is 2. The highest BCUT2D eigenvalue weighted by molar-refractivity contribution is 5.90. The summed E-state index contributed by atoms with van der Waals surface area (Å²) in [5.74, 6) is 0.111. The highest BCUT2D eigenvalue weighted by atomic mass is 16.3. The molecule has 1 heterocycles. The lowest BCUT2D eigenvalue weighted by Gasteiger charge is -2.38. The van der Waals surface area contributed by atoms with Crippen LogP contribution in [0.25, 0.3) is 11.1 Å². The van der Waals surface area contributed by atoms with E-state index in [1.165, 1.54) is 11.1 Å². The Morgan fingerprint density at radius 3 is 2.69 bits per heavy atom. The van der Waals surface area contributed by atoms with E-state index >= 15 is 0 Å². The van der Waals surface area contributed by atoms with Crippen LogP contribution in [0.1, 0.15) is 32.3 Å². The number of likely N-dealkylation sites (tertiary alicyclic amines) is 1. The number of nitrogens with one attached hydrogen (secondary N) is 1. The van der Waals surface area contributed by atoms with Gasteiger partial charge in [-0.25, -0.2) is 4.79 Å². The summed E-state index contributed by atoms with van der Waals surface area (Å²) in [6.07, 6.45) is 1.88. The van der Waals surface area contributed by atoms with Crippen molar-refractivity contribution in [2.45, 2.75) is 39.2 Å². The van der Waals surface area contributed by atoms with Gasteiger partial charge < -0.3 is 15.3 Å². The molecule has 0 aromatic heterocycles. The molecule has 1 saturated heterocycles. The zero-order valence-corrected chi connectivity index (χ0v) is 15.8. The van der Waals surface area contributed by atoms with Crippen LogP contribution in [0.3, 0.4) is 0 Å². The molecule has 0 bridgehead atoms. The lowest BCUT2D eigenvalue weighted by atomic mass is 9.84. The number of aryl methyl sites for hydroxylation is 1. The first-order chi connectivity index (χ1) is 12.3. The van der Waals surface area contributed by atoms with Gasteiger partial charge in [0.25, 0.3) is 0 Å². The van der Waals surface area contributed by atoms with Crippen LogP contribution in [0, 0.1) is 12.8 Å². The van der Waals surface area contributed by atoms with Crippen molar-refractivity contribution in [2.75, 3.05) is 18.4 Å². The van der Waals surface area contributed by atoms with Gasteiger partial charge in [-0.05, 0) is 62.4 Å². The average molecular weight is 352 g/mol. The van der Waals surface area contributed by atoms with Gasteiger partial charge in [0.05, 0.1) is 5.60 Å². The van der Waals surface area contributed by atoms with E-state index in [2.05, 4.69) is 30.4 Å². The highest BCUT2D eigenvalue weighted by Gasteiger charge is 2.33. The molecule has 2 amide bonds. The molecule has 138 valence electrons. The first kappa shape index (κ1) is 18.5. The molecule has 3 rings (SSSR count). The fourth-order valence-corrected chi connectivity index (χ4v) is 3.60. The Kier molecular flexibility index (Phi) is 5.33. The smallest absolute Gasteiger partial charge is 0.321 e. The van der Waals surface area contributed by atoms with E-state index in [4.69, 9.17) is 0 Å². The summed E-state index contributed by atoms with van der Waals surface area (Å²) >= 11 is 0.